The molecule has 1 aliphatic heterocycles. The van der Waals surface area contributed by atoms with Crippen LogP contribution in [0.15, 0.2) is 0 Å². The van der Waals surface area contributed by atoms with Gasteiger partial charge in [0, 0.05) is 18.5 Å². The van der Waals surface area contributed by atoms with Gasteiger partial charge in [0.2, 0.25) is 5.91 Å². The molecule has 0 bridgehead atoms. The summed E-state index contributed by atoms with van der Waals surface area (Å²) in [4.78, 5) is 11.7. The summed E-state index contributed by atoms with van der Waals surface area (Å²) in [5.74, 6) is 0.911. The summed E-state index contributed by atoms with van der Waals surface area (Å²) in [5.41, 5.74) is 0. The Morgan fingerprint density at radius 3 is 2.93 bits per heavy atom. The van der Waals surface area contributed by atoms with Gasteiger partial charge in [0.15, 0.2) is 0 Å². The van der Waals surface area contributed by atoms with E-state index >= 15 is 0 Å². The smallest absolute Gasteiger partial charge is 0.249 e. The average molecular weight is 220 g/mol. The largest absolute Gasteiger partial charge is 0.368 e. The molecular formula is C10H18ClNO2. The molecule has 4 heteroatoms. The predicted molar refractivity (Wildman–Crippen MR) is 56.5 cm³/mol. The molecule has 1 heterocycles. The summed E-state index contributed by atoms with van der Waals surface area (Å²) >= 11 is 5.59. The number of nitrogens with one attached hydrogen (secondary N) is 1. The molecule has 0 saturated carbocycles. The SMILES string of the molecule is CC(CCCl)NC(=O)C1OCCC1C. The maximum Gasteiger partial charge on any atom is 0.249 e. The zero-order chi connectivity index (χ0) is 10.6. The number of ether oxygens (including phenoxy) is 1. The molecule has 1 N–H and O–H groups in total. The van der Waals surface area contributed by atoms with Gasteiger partial charge >= 0.3 is 0 Å². The van der Waals surface area contributed by atoms with Crippen molar-refractivity contribution < 1.29 is 9.53 Å². The first-order valence-corrected chi connectivity index (χ1v) is 5.66. The Balaban J connectivity index is 2.33. The van der Waals surface area contributed by atoms with Gasteiger partial charge in [0.1, 0.15) is 6.10 Å². The van der Waals surface area contributed by atoms with Gasteiger partial charge < -0.3 is 10.1 Å². The Morgan fingerprint density at radius 1 is 1.71 bits per heavy atom. The van der Waals surface area contributed by atoms with E-state index in [4.69, 9.17) is 16.3 Å². The van der Waals surface area contributed by atoms with Gasteiger partial charge in [-0.05, 0) is 25.7 Å². The first kappa shape index (κ1) is 11.8. The van der Waals surface area contributed by atoms with Crippen molar-refractivity contribution in [2.45, 2.75) is 38.8 Å². The van der Waals surface area contributed by atoms with Gasteiger partial charge in [-0.25, -0.2) is 0 Å². The summed E-state index contributed by atoms with van der Waals surface area (Å²) in [6.07, 6.45) is 1.52. The number of amides is 1. The molecule has 14 heavy (non-hydrogen) atoms. The number of carbonyl (C=O) groups is 1. The number of hydrogen-bond acceptors (Lipinski definition) is 2. The van der Waals surface area contributed by atoms with Gasteiger partial charge in [-0.2, -0.15) is 0 Å². The molecule has 0 aromatic rings. The molecule has 1 aliphatic rings. The van der Waals surface area contributed by atoms with Crippen LogP contribution in [0.4, 0.5) is 0 Å². The van der Waals surface area contributed by atoms with Crippen molar-refractivity contribution in [2.24, 2.45) is 5.92 Å². The number of alkyl halides is 1. The quantitative estimate of drug-likeness (QED) is 0.729. The summed E-state index contributed by atoms with van der Waals surface area (Å²) in [5, 5.41) is 2.90. The minimum Gasteiger partial charge on any atom is -0.368 e. The van der Waals surface area contributed by atoms with Gasteiger partial charge in [-0.1, -0.05) is 6.92 Å². The molecule has 0 spiro atoms. The normalized spacial score (nSPS) is 28.8. The molecule has 0 aromatic heterocycles. The first-order chi connectivity index (χ1) is 6.65. The summed E-state index contributed by atoms with van der Waals surface area (Å²) in [6.45, 7) is 4.70. The third kappa shape index (κ3) is 3.14. The Bertz CT molecular complexity index is 199. The van der Waals surface area contributed by atoms with Crippen molar-refractivity contribution in [2.75, 3.05) is 12.5 Å². The monoisotopic (exact) mass is 219 g/mol. The van der Waals surface area contributed by atoms with E-state index in [0.29, 0.717) is 18.4 Å². The third-order valence-corrected chi connectivity index (χ3v) is 2.79. The molecule has 1 fully saturated rings. The van der Waals surface area contributed by atoms with Crippen LogP contribution in [-0.2, 0) is 9.53 Å². The highest BCUT2D eigenvalue weighted by atomic mass is 35.5. The fourth-order valence-corrected chi connectivity index (χ4v) is 1.92. The molecule has 0 radical (unpaired) electrons. The minimum absolute atomic E-state index is 0.00705. The fraction of sp³-hybridized carbons (Fsp3) is 0.900. The second kappa shape index (κ2) is 5.56. The van der Waals surface area contributed by atoms with Crippen LogP contribution in [0.3, 0.4) is 0 Å². The molecule has 82 valence electrons. The number of hydrogen-bond donors (Lipinski definition) is 1. The lowest BCUT2D eigenvalue weighted by atomic mass is 10.0. The number of halogens is 1. The molecule has 1 rings (SSSR count). The van der Waals surface area contributed by atoms with Crippen molar-refractivity contribution >= 4 is 17.5 Å². The fourth-order valence-electron chi connectivity index (χ4n) is 1.59. The van der Waals surface area contributed by atoms with Crippen LogP contribution in [0.5, 0.6) is 0 Å². The first-order valence-electron chi connectivity index (χ1n) is 5.13. The van der Waals surface area contributed by atoms with Crippen LogP contribution < -0.4 is 5.32 Å². The lowest BCUT2D eigenvalue weighted by Gasteiger charge is -2.18. The Hall–Kier alpha value is -0.280. The Labute approximate surface area is 90.1 Å². The molecule has 0 aromatic carbocycles. The van der Waals surface area contributed by atoms with E-state index in [2.05, 4.69) is 5.32 Å². The Kier molecular flexibility index (Phi) is 4.69. The van der Waals surface area contributed by atoms with Crippen LogP contribution in [-0.4, -0.2) is 30.5 Å². The van der Waals surface area contributed by atoms with Crippen LogP contribution in [0, 0.1) is 5.92 Å². The van der Waals surface area contributed by atoms with E-state index in [1.165, 1.54) is 0 Å². The van der Waals surface area contributed by atoms with E-state index in [1.54, 1.807) is 0 Å². The standard InChI is InChI=1S/C10H18ClNO2/c1-7-4-6-14-9(7)10(13)12-8(2)3-5-11/h7-9H,3-6H2,1-2H3,(H,12,13). The van der Waals surface area contributed by atoms with Crippen molar-refractivity contribution in [1.29, 1.82) is 0 Å². The predicted octanol–water partition coefficient (Wildman–Crippen LogP) is 1.54. The highest BCUT2D eigenvalue weighted by Gasteiger charge is 2.31. The van der Waals surface area contributed by atoms with Crippen LogP contribution in [0.2, 0.25) is 0 Å². The molecule has 3 nitrogen and oxygen atoms in total. The zero-order valence-corrected chi connectivity index (χ0v) is 9.51. The van der Waals surface area contributed by atoms with E-state index in [9.17, 15) is 4.79 Å². The lowest BCUT2D eigenvalue weighted by molar-refractivity contribution is -0.132. The third-order valence-electron chi connectivity index (χ3n) is 2.58. The van der Waals surface area contributed by atoms with Gasteiger partial charge in [-0.15, -0.1) is 11.6 Å². The topological polar surface area (TPSA) is 38.3 Å². The van der Waals surface area contributed by atoms with Crippen molar-refractivity contribution in [1.82, 2.24) is 5.32 Å². The molecule has 1 amide bonds. The average Bonchev–Trinajstić information content (AvgIpc) is 2.51. The summed E-state index contributed by atoms with van der Waals surface area (Å²) in [7, 11) is 0. The van der Waals surface area contributed by atoms with Gasteiger partial charge in [-0.3, -0.25) is 4.79 Å². The van der Waals surface area contributed by atoms with Gasteiger partial charge in [0.25, 0.3) is 0 Å². The van der Waals surface area contributed by atoms with Crippen LogP contribution in [0.25, 0.3) is 0 Å². The van der Waals surface area contributed by atoms with Crippen molar-refractivity contribution in [3.05, 3.63) is 0 Å². The second-order valence-electron chi connectivity index (χ2n) is 3.94. The molecule has 3 unspecified atom stereocenters. The van der Waals surface area contributed by atoms with E-state index in [1.807, 2.05) is 13.8 Å². The van der Waals surface area contributed by atoms with Crippen LogP contribution >= 0.6 is 11.6 Å². The van der Waals surface area contributed by atoms with Crippen molar-refractivity contribution in [3.8, 4) is 0 Å². The molecule has 0 aliphatic carbocycles. The number of carbonyl (C=O) groups excluding carboxylic acids is 1. The highest BCUT2D eigenvalue weighted by molar-refractivity contribution is 6.17. The molecule has 3 atom stereocenters. The lowest BCUT2D eigenvalue weighted by Crippen LogP contribution is -2.42. The van der Waals surface area contributed by atoms with E-state index in [0.717, 1.165) is 12.8 Å². The van der Waals surface area contributed by atoms with Crippen LogP contribution in [0.1, 0.15) is 26.7 Å². The Morgan fingerprint density at radius 2 is 2.43 bits per heavy atom. The number of rotatable bonds is 4. The summed E-state index contributed by atoms with van der Waals surface area (Å²) in [6, 6.07) is 0.136. The van der Waals surface area contributed by atoms with E-state index in [-0.39, 0.29) is 18.1 Å². The molecular weight excluding hydrogens is 202 g/mol. The summed E-state index contributed by atoms with van der Waals surface area (Å²) < 4.78 is 5.36. The van der Waals surface area contributed by atoms with Crippen molar-refractivity contribution in [3.63, 3.8) is 0 Å². The maximum absolute atomic E-state index is 11.7. The second-order valence-corrected chi connectivity index (χ2v) is 4.32. The maximum atomic E-state index is 11.7. The van der Waals surface area contributed by atoms with E-state index < -0.39 is 0 Å². The molecule has 1 saturated heterocycles. The minimum atomic E-state index is -0.257. The van der Waals surface area contributed by atoms with Gasteiger partial charge in [0.05, 0.1) is 0 Å². The highest BCUT2D eigenvalue weighted by Crippen LogP contribution is 2.20. The zero-order valence-electron chi connectivity index (χ0n) is 8.75.